The Hall–Kier alpha value is -1.27. The van der Waals surface area contributed by atoms with Crippen LogP contribution in [0.5, 0.6) is 0 Å². The summed E-state index contributed by atoms with van der Waals surface area (Å²) in [6.45, 7) is 0.416. The minimum absolute atomic E-state index is 0.358. The molecule has 1 heterocycles. The second kappa shape index (κ2) is 6.66. The van der Waals surface area contributed by atoms with E-state index in [9.17, 15) is 14.7 Å². The minimum Gasteiger partial charge on any atom is -0.480 e. The van der Waals surface area contributed by atoms with Crippen LogP contribution in [0.15, 0.2) is 12.1 Å². The van der Waals surface area contributed by atoms with E-state index in [2.05, 4.69) is 5.32 Å². The predicted molar refractivity (Wildman–Crippen MR) is 82.8 cm³/mol. The van der Waals surface area contributed by atoms with Crippen molar-refractivity contribution < 1.29 is 14.7 Å². The number of carboxylic acid groups (broad SMARTS) is 1. The fourth-order valence-corrected chi connectivity index (χ4v) is 3.73. The number of rotatable bonds is 4. The van der Waals surface area contributed by atoms with E-state index in [4.69, 9.17) is 11.6 Å². The second-order valence-electron chi connectivity index (χ2n) is 5.44. The summed E-state index contributed by atoms with van der Waals surface area (Å²) >= 11 is 7.28. The largest absolute Gasteiger partial charge is 0.480 e. The molecular formula is C14H19ClN2O3S. The molecule has 1 aliphatic rings. The number of thiophene rings is 1. The molecule has 116 valence electrons. The molecule has 0 saturated heterocycles. The number of nitrogens with one attached hydrogen (secondary N) is 1. The van der Waals surface area contributed by atoms with Crippen molar-refractivity contribution in [2.24, 2.45) is 0 Å². The van der Waals surface area contributed by atoms with Crippen LogP contribution in [0.1, 0.15) is 37.0 Å². The van der Waals surface area contributed by atoms with E-state index in [0.29, 0.717) is 23.7 Å². The molecule has 2 amide bonds. The van der Waals surface area contributed by atoms with Gasteiger partial charge < -0.3 is 15.3 Å². The van der Waals surface area contributed by atoms with Crippen LogP contribution in [0, 0.1) is 0 Å². The molecule has 0 spiro atoms. The van der Waals surface area contributed by atoms with Crippen LogP contribution < -0.4 is 5.32 Å². The van der Waals surface area contributed by atoms with E-state index in [1.807, 2.05) is 6.07 Å². The lowest BCUT2D eigenvalue weighted by atomic mass is 9.82. The van der Waals surface area contributed by atoms with Gasteiger partial charge >= 0.3 is 12.0 Å². The van der Waals surface area contributed by atoms with Crippen molar-refractivity contribution in [2.45, 2.75) is 44.2 Å². The van der Waals surface area contributed by atoms with Crippen molar-refractivity contribution in [1.82, 2.24) is 10.2 Å². The van der Waals surface area contributed by atoms with Gasteiger partial charge in [0.2, 0.25) is 0 Å². The maximum atomic E-state index is 12.3. The van der Waals surface area contributed by atoms with E-state index in [1.54, 1.807) is 13.1 Å². The molecule has 2 rings (SSSR count). The zero-order valence-corrected chi connectivity index (χ0v) is 13.5. The summed E-state index contributed by atoms with van der Waals surface area (Å²) in [6, 6.07) is 3.29. The van der Waals surface area contributed by atoms with E-state index >= 15 is 0 Å². The monoisotopic (exact) mass is 330 g/mol. The third kappa shape index (κ3) is 3.89. The molecule has 0 atom stereocenters. The summed E-state index contributed by atoms with van der Waals surface area (Å²) in [4.78, 5) is 26.3. The Kier molecular flexibility index (Phi) is 5.11. The average molecular weight is 331 g/mol. The molecule has 0 bridgehead atoms. The summed E-state index contributed by atoms with van der Waals surface area (Å²) in [5.74, 6) is -0.942. The van der Waals surface area contributed by atoms with Gasteiger partial charge in [0, 0.05) is 11.9 Å². The first-order valence-corrected chi connectivity index (χ1v) is 8.13. The molecule has 0 aromatic carbocycles. The van der Waals surface area contributed by atoms with Gasteiger partial charge in [-0.05, 0) is 25.0 Å². The molecule has 2 N–H and O–H groups in total. The highest BCUT2D eigenvalue weighted by Gasteiger charge is 2.41. The fraction of sp³-hybridized carbons (Fsp3) is 0.571. The van der Waals surface area contributed by atoms with Gasteiger partial charge in [-0.25, -0.2) is 9.59 Å². The SMILES string of the molecule is CN(Cc1ccc(Cl)s1)C(=O)NC1(C(=O)O)CCCCC1. The lowest BCUT2D eigenvalue weighted by Crippen LogP contribution is -2.58. The molecule has 1 aliphatic carbocycles. The Bertz CT molecular complexity index is 526. The van der Waals surface area contributed by atoms with Crippen molar-refractivity contribution in [3.63, 3.8) is 0 Å². The van der Waals surface area contributed by atoms with Crippen molar-refractivity contribution in [3.8, 4) is 0 Å². The molecule has 0 unspecified atom stereocenters. The first-order valence-electron chi connectivity index (χ1n) is 6.94. The summed E-state index contributed by atoms with van der Waals surface area (Å²) in [5, 5.41) is 12.2. The predicted octanol–water partition coefficient (Wildman–Crippen LogP) is 3.33. The first-order chi connectivity index (χ1) is 9.93. The normalized spacial score (nSPS) is 17.2. The van der Waals surface area contributed by atoms with Crippen LogP contribution in [-0.4, -0.2) is 34.6 Å². The summed E-state index contributed by atoms with van der Waals surface area (Å²) < 4.78 is 0.674. The smallest absolute Gasteiger partial charge is 0.329 e. The van der Waals surface area contributed by atoms with Crippen LogP contribution in [0.2, 0.25) is 4.34 Å². The molecule has 0 aliphatic heterocycles. The number of halogens is 1. The van der Waals surface area contributed by atoms with Gasteiger partial charge in [-0.2, -0.15) is 0 Å². The summed E-state index contributed by atoms with van der Waals surface area (Å²) in [5.41, 5.74) is -1.11. The average Bonchev–Trinajstić information content (AvgIpc) is 2.85. The molecule has 21 heavy (non-hydrogen) atoms. The standard InChI is InChI=1S/C14H19ClN2O3S/c1-17(9-10-5-6-11(15)21-10)13(20)16-14(12(18)19)7-3-2-4-8-14/h5-6H,2-4,7-9H2,1H3,(H,16,20)(H,18,19). The van der Waals surface area contributed by atoms with Gasteiger partial charge in [0.05, 0.1) is 10.9 Å². The molecule has 1 aromatic heterocycles. The zero-order chi connectivity index (χ0) is 15.5. The van der Waals surface area contributed by atoms with E-state index < -0.39 is 11.5 Å². The third-order valence-electron chi connectivity index (χ3n) is 3.83. The molecule has 0 radical (unpaired) electrons. The molecule has 1 saturated carbocycles. The van der Waals surface area contributed by atoms with Crippen LogP contribution in [0.25, 0.3) is 0 Å². The Morgan fingerprint density at radius 1 is 1.38 bits per heavy atom. The molecule has 7 heteroatoms. The van der Waals surface area contributed by atoms with Crippen LogP contribution >= 0.6 is 22.9 Å². The Morgan fingerprint density at radius 2 is 2.05 bits per heavy atom. The summed E-state index contributed by atoms with van der Waals surface area (Å²) in [6.07, 6.45) is 3.67. The first kappa shape index (κ1) is 16.1. The lowest BCUT2D eigenvalue weighted by molar-refractivity contribution is -0.145. The van der Waals surface area contributed by atoms with Gasteiger partial charge in [-0.15, -0.1) is 11.3 Å². The van der Waals surface area contributed by atoms with Crippen LogP contribution in [0.3, 0.4) is 0 Å². The molecule has 1 fully saturated rings. The topological polar surface area (TPSA) is 69.6 Å². The second-order valence-corrected chi connectivity index (χ2v) is 7.24. The highest BCUT2D eigenvalue weighted by atomic mass is 35.5. The fourth-order valence-electron chi connectivity index (χ4n) is 2.59. The number of hydrogen-bond acceptors (Lipinski definition) is 3. The number of aliphatic carboxylic acids is 1. The summed E-state index contributed by atoms with van der Waals surface area (Å²) in [7, 11) is 1.65. The van der Waals surface area contributed by atoms with Gasteiger partial charge in [0.15, 0.2) is 0 Å². The van der Waals surface area contributed by atoms with Gasteiger partial charge in [0.25, 0.3) is 0 Å². The number of carboxylic acids is 1. The van der Waals surface area contributed by atoms with E-state index in [1.165, 1.54) is 16.2 Å². The number of nitrogens with zero attached hydrogens (tertiary/aromatic N) is 1. The lowest BCUT2D eigenvalue weighted by Gasteiger charge is -2.35. The number of carbonyl (C=O) groups excluding carboxylic acids is 1. The number of amides is 2. The Labute approximate surface area is 132 Å². The Morgan fingerprint density at radius 3 is 2.57 bits per heavy atom. The molecule has 1 aromatic rings. The van der Waals surface area contributed by atoms with E-state index in [0.717, 1.165) is 24.1 Å². The van der Waals surface area contributed by atoms with Gasteiger partial charge in [0.1, 0.15) is 5.54 Å². The van der Waals surface area contributed by atoms with Crippen molar-refractivity contribution in [3.05, 3.63) is 21.3 Å². The maximum Gasteiger partial charge on any atom is 0.329 e. The van der Waals surface area contributed by atoms with Crippen LogP contribution in [0.4, 0.5) is 4.79 Å². The van der Waals surface area contributed by atoms with E-state index in [-0.39, 0.29) is 6.03 Å². The highest BCUT2D eigenvalue weighted by molar-refractivity contribution is 7.16. The number of carbonyl (C=O) groups is 2. The quantitative estimate of drug-likeness (QED) is 0.889. The van der Waals surface area contributed by atoms with Gasteiger partial charge in [-0.1, -0.05) is 30.9 Å². The van der Waals surface area contributed by atoms with Crippen molar-refractivity contribution in [1.29, 1.82) is 0 Å². The van der Waals surface area contributed by atoms with Gasteiger partial charge in [-0.3, -0.25) is 0 Å². The minimum atomic E-state index is -1.11. The molecular weight excluding hydrogens is 312 g/mol. The third-order valence-corrected chi connectivity index (χ3v) is 5.05. The van der Waals surface area contributed by atoms with Crippen LogP contribution in [-0.2, 0) is 11.3 Å². The van der Waals surface area contributed by atoms with Crippen molar-refractivity contribution >= 4 is 34.9 Å². The zero-order valence-electron chi connectivity index (χ0n) is 11.9. The maximum absolute atomic E-state index is 12.3. The number of urea groups is 1. The Balaban J connectivity index is 1.99. The molecule has 5 nitrogen and oxygen atoms in total. The highest BCUT2D eigenvalue weighted by Crippen LogP contribution is 2.29. The van der Waals surface area contributed by atoms with Crippen molar-refractivity contribution in [2.75, 3.05) is 7.05 Å². The number of hydrogen-bond donors (Lipinski definition) is 2.